The second-order valence-corrected chi connectivity index (χ2v) is 19.6. The Morgan fingerprint density at radius 1 is 0.846 bits per heavy atom. The maximum Gasteiger partial charge on any atom is 0.329 e. The van der Waals surface area contributed by atoms with Gasteiger partial charge in [0.2, 0.25) is 5.79 Å². The van der Waals surface area contributed by atoms with Gasteiger partial charge < -0.3 is 43.9 Å². The van der Waals surface area contributed by atoms with E-state index in [2.05, 4.69) is 0 Å². The minimum absolute atomic E-state index is 0.0193. The number of aliphatic hydroxyl groups excluding tert-OH is 2. The lowest BCUT2D eigenvalue weighted by Gasteiger charge is -2.42. The highest BCUT2D eigenvalue weighted by atomic mass is 16.6. The lowest BCUT2D eigenvalue weighted by Crippen LogP contribution is -2.61. The van der Waals surface area contributed by atoms with Crippen molar-refractivity contribution in [2.45, 2.75) is 180 Å². The molecule has 1 amide bonds. The van der Waals surface area contributed by atoms with Crippen LogP contribution in [0.5, 0.6) is 0 Å². The highest BCUT2D eigenvalue weighted by Crippen LogP contribution is 2.38. The molecule has 0 aromatic rings. The number of esters is 1. The van der Waals surface area contributed by atoms with Gasteiger partial charge in [0.15, 0.2) is 5.78 Å². The predicted molar refractivity (Wildman–Crippen MR) is 245 cm³/mol. The maximum absolute atomic E-state index is 14.4. The molecule has 3 fully saturated rings. The van der Waals surface area contributed by atoms with E-state index in [0.29, 0.717) is 63.4 Å². The lowest BCUT2D eigenvalue weighted by molar-refractivity contribution is -0.265. The zero-order chi connectivity index (χ0) is 48.2. The number of fused-ring (bicyclic) bond motifs is 3. The van der Waals surface area contributed by atoms with Gasteiger partial charge in [0.25, 0.3) is 11.7 Å². The van der Waals surface area contributed by atoms with Crippen LogP contribution in [0, 0.1) is 35.5 Å². The summed E-state index contributed by atoms with van der Waals surface area (Å²) in [5.74, 6) is -7.96. The Hall–Kier alpha value is -3.37. The molecular weight excluding hydrogens is 835 g/mol. The number of carbonyl (C=O) groups excluding carboxylic acids is 5. The van der Waals surface area contributed by atoms with E-state index in [-0.39, 0.29) is 54.8 Å². The molecule has 4 rings (SSSR count). The van der Waals surface area contributed by atoms with Crippen molar-refractivity contribution < 1.29 is 63.0 Å². The number of aliphatic hydroxyl groups is 3. The van der Waals surface area contributed by atoms with Crippen LogP contribution in [-0.4, -0.2) is 132 Å². The van der Waals surface area contributed by atoms with Crippen LogP contribution in [0.3, 0.4) is 0 Å². The van der Waals surface area contributed by atoms with E-state index < -0.39 is 83.9 Å². The molecule has 14 heteroatoms. The van der Waals surface area contributed by atoms with Crippen LogP contribution in [0.25, 0.3) is 0 Å². The van der Waals surface area contributed by atoms with Gasteiger partial charge in [-0.15, -0.1) is 0 Å². The first-order chi connectivity index (χ1) is 30.7. The lowest BCUT2D eigenvalue weighted by atomic mass is 9.78. The quantitative estimate of drug-likeness (QED) is 0.156. The number of rotatable bonds is 6. The Kier molecular flexibility index (Phi) is 21.0. The fourth-order valence-corrected chi connectivity index (χ4v) is 10.1. The average Bonchev–Trinajstić information content (AvgIpc) is 3.28. The second-order valence-electron chi connectivity index (χ2n) is 19.6. The number of Topliss-reactive ketones (excluding diaryl/α,β-unsaturated/α-hetero) is 3. The first kappa shape index (κ1) is 54.2. The molecule has 0 aromatic heterocycles. The summed E-state index contributed by atoms with van der Waals surface area (Å²) in [5, 5.41) is 33.8. The van der Waals surface area contributed by atoms with Gasteiger partial charge in [0.05, 0.1) is 24.4 Å². The zero-order valence-electron chi connectivity index (χ0n) is 40.6. The van der Waals surface area contributed by atoms with Crippen LogP contribution in [0.1, 0.15) is 126 Å². The van der Waals surface area contributed by atoms with E-state index in [1.54, 1.807) is 41.1 Å². The highest BCUT2D eigenvalue weighted by Gasteiger charge is 2.53. The van der Waals surface area contributed by atoms with E-state index >= 15 is 0 Å². The molecule has 15 atom stereocenters. The largest absolute Gasteiger partial charge is 0.460 e. The summed E-state index contributed by atoms with van der Waals surface area (Å²) in [7, 11) is 4.52. The Balaban J connectivity index is 1.70. The van der Waals surface area contributed by atoms with Crippen LogP contribution in [0.2, 0.25) is 0 Å². The minimum Gasteiger partial charge on any atom is -0.460 e. The van der Waals surface area contributed by atoms with Gasteiger partial charge in [-0.25, -0.2) is 4.79 Å². The molecule has 3 aliphatic heterocycles. The third-order valence-electron chi connectivity index (χ3n) is 14.5. The Labute approximate surface area is 387 Å². The number of cyclic esters (lactones) is 1. The van der Waals surface area contributed by atoms with Crippen LogP contribution >= 0.6 is 0 Å². The molecule has 1 saturated carbocycles. The van der Waals surface area contributed by atoms with Crippen LogP contribution in [0.4, 0.5) is 0 Å². The van der Waals surface area contributed by atoms with E-state index in [4.69, 9.17) is 23.7 Å². The molecule has 14 nitrogen and oxygen atoms in total. The van der Waals surface area contributed by atoms with Gasteiger partial charge in [-0.05, 0) is 107 Å². The third-order valence-corrected chi connectivity index (χ3v) is 14.5. The number of hydrogen-bond donors (Lipinski definition) is 3. The predicted octanol–water partition coefficient (Wildman–Crippen LogP) is 6.18. The number of carbonyl (C=O) groups is 5. The average molecular weight is 914 g/mol. The maximum atomic E-state index is 14.4. The molecule has 2 bridgehead atoms. The third kappa shape index (κ3) is 14.3. The Morgan fingerprint density at radius 2 is 1.57 bits per heavy atom. The van der Waals surface area contributed by atoms with E-state index in [1.807, 2.05) is 58.1 Å². The molecule has 0 unspecified atom stereocenters. The van der Waals surface area contributed by atoms with Gasteiger partial charge in [-0.2, -0.15) is 0 Å². The van der Waals surface area contributed by atoms with Crippen LogP contribution in [-0.2, 0) is 47.7 Å². The fraction of sp³-hybridized carbons (Fsp3) is 0.745. The fourth-order valence-electron chi connectivity index (χ4n) is 10.1. The zero-order valence-corrected chi connectivity index (χ0v) is 40.6. The smallest absolute Gasteiger partial charge is 0.329 e. The highest BCUT2D eigenvalue weighted by molar-refractivity contribution is 6.39. The van der Waals surface area contributed by atoms with E-state index in [9.17, 15) is 39.3 Å². The SMILES string of the molecule is CO[C@H]1C[C@@H]2CC[C@@H](C)[C@@](O)(O2)C(=O)C(=O)N2CCCC[C@H]2C(=O)O[C@@H]([C@H](C)C[C@@H]2CC[C@@H](O)[C@H](OC)C2)CC(=O)[C@H](C)/C=C(\C)[C@@H](O)[C@@H](OC)C(=O)[C@H](C)C[C@H](C)/C=C/C=CC=C1C. The van der Waals surface area contributed by atoms with Crippen molar-refractivity contribution in [2.24, 2.45) is 35.5 Å². The molecule has 65 heavy (non-hydrogen) atoms. The first-order valence-electron chi connectivity index (χ1n) is 23.9. The van der Waals surface area contributed by atoms with Crippen LogP contribution in [0.15, 0.2) is 47.6 Å². The van der Waals surface area contributed by atoms with E-state index in [1.165, 1.54) is 12.0 Å². The van der Waals surface area contributed by atoms with Crippen molar-refractivity contribution in [3.63, 3.8) is 0 Å². The van der Waals surface area contributed by atoms with Gasteiger partial charge in [-0.1, -0.05) is 71.1 Å². The molecule has 0 aromatic carbocycles. The topological polar surface area (TPSA) is 195 Å². The summed E-state index contributed by atoms with van der Waals surface area (Å²) in [6, 6.07) is -1.14. The first-order valence-corrected chi connectivity index (χ1v) is 23.9. The molecular formula is C51H79NO13. The molecule has 1 aliphatic carbocycles. The summed E-state index contributed by atoms with van der Waals surface area (Å²) in [4.78, 5) is 71.8. The van der Waals surface area contributed by atoms with Crippen molar-refractivity contribution in [3.05, 3.63) is 47.6 Å². The number of allylic oxidation sites excluding steroid dienone is 6. The summed E-state index contributed by atoms with van der Waals surface area (Å²) in [6.45, 7) is 12.7. The van der Waals surface area contributed by atoms with Crippen molar-refractivity contribution in [2.75, 3.05) is 27.9 Å². The normalized spacial score (nSPS) is 39.1. The molecule has 4 aliphatic rings. The number of piperidine rings is 1. The summed E-state index contributed by atoms with van der Waals surface area (Å²) in [6.07, 6.45) is 11.2. The van der Waals surface area contributed by atoms with Crippen LogP contribution < -0.4 is 0 Å². The van der Waals surface area contributed by atoms with Crippen molar-refractivity contribution in [1.82, 2.24) is 4.90 Å². The number of methoxy groups -OCH3 is 3. The van der Waals surface area contributed by atoms with E-state index in [0.717, 1.165) is 12.0 Å². The number of ketones is 3. The molecule has 0 radical (unpaired) electrons. The Morgan fingerprint density at radius 3 is 2.25 bits per heavy atom. The van der Waals surface area contributed by atoms with Gasteiger partial charge in [0.1, 0.15) is 30.1 Å². The molecule has 3 heterocycles. The number of ether oxygens (including phenoxy) is 5. The molecule has 0 spiro atoms. The van der Waals surface area contributed by atoms with Crippen molar-refractivity contribution in [1.29, 1.82) is 0 Å². The number of hydrogen-bond acceptors (Lipinski definition) is 13. The van der Waals surface area contributed by atoms with Crippen molar-refractivity contribution in [3.8, 4) is 0 Å². The van der Waals surface area contributed by atoms with Gasteiger partial charge in [-0.3, -0.25) is 19.2 Å². The Bertz CT molecular complexity index is 1760. The second kappa shape index (κ2) is 25.1. The van der Waals surface area contributed by atoms with Crippen molar-refractivity contribution >= 4 is 29.2 Å². The number of amides is 1. The summed E-state index contributed by atoms with van der Waals surface area (Å²) >= 11 is 0. The molecule has 366 valence electrons. The molecule has 3 N–H and O–H groups in total. The molecule has 2 saturated heterocycles. The minimum atomic E-state index is -2.43. The number of nitrogens with zero attached hydrogens (tertiary/aromatic N) is 1. The monoisotopic (exact) mass is 914 g/mol. The van der Waals surface area contributed by atoms with Gasteiger partial charge in [0, 0.05) is 58.5 Å². The summed E-state index contributed by atoms with van der Waals surface area (Å²) < 4.78 is 29.4. The standard InChI is InChI=1S/C51H79NO13/c1-30-16-12-11-13-17-31(2)42(61-8)28-38-21-19-36(7)51(60,65-38)48(57)49(58)52-23-15-14-18-39(52)50(59)64-43(33(4)26-37-20-22-40(53)44(27-37)62-9)29-41(54)32(3)25-35(6)46(56)47(63-10)45(55)34(5)24-30/h11-13,16-17,25,30,32-34,36-40,42-44,46-47,53,56,60H,14-15,18-24,26-29H2,1-10H3/b13-11?,16-12+,31-17?,35-25+/t30-,32-,33-,34-,36-,37+,38+,39+,40-,42+,43-,44-,46-,47+,51-/m1/s1. The van der Waals surface area contributed by atoms with Gasteiger partial charge >= 0.3 is 5.97 Å². The summed E-state index contributed by atoms with van der Waals surface area (Å²) in [5.41, 5.74) is 1.27.